The molecule has 1 aliphatic heterocycles. The van der Waals surface area contributed by atoms with E-state index in [0.29, 0.717) is 5.41 Å². The molecule has 5 rings (SSSR count). The molecule has 25 heavy (non-hydrogen) atoms. The zero-order valence-corrected chi connectivity index (χ0v) is 15.1. The molecule has 2 fully saturated rings. The van der Waals surface area contributed by atoms with E-state index >= 15 is 0 Å². The van der Waals surface area contributed by atoms with Crippen LogP contribution in [0, 0.1) is 5.92 Å². The summed E-state index contributed by atoms with van der Waals surface area (Å²) in [5.41, 5.74) is 3.57. The highest BCUT2D eigenvalue weighted by Crippen LogP contribution is 2.56. The van der Waals surface area contributed by atoms with Gasteiger partial charge in [-0.15, -0.1) is 0 Å². The van der Waals surface area contributed by atoms with Crippen LogP contribution in [0.4, 0.5) is 0 Å². The zero-order valence-electron chi connectivity index (χ0n) is 15.1. The predicted octanol–water partition coefficient (Wildman–Crippen LogP) is 5.17. The van der Waals surface area contributed by atoms with Gasteiger partial charge in [0.05, 0.1) is 0 Å². The van der Waals surface area contributed by atoms with Crippen LogP contribution >= 0.6 is 0 Å². The number of hydrogen-bond acceptors (Lipinski definition) is 2. The quantitative estimate of drug-likeness (QED) is 0.752. The number of ether oxygens (including phenoxy) is 1. The average molecular weight is 333 g/mol. The molecule has 1 saturated heterocycles. The summed E-state index contributed by atoms with van der Waals surface area (Å²) < 4.78 is 6.17. The van der Waals surface area contributed by atoms with Crippen molar-refractivity contribution in [2.45, 2.75) is 50.0 Å². The molecule has 1 saturated carbocycles. The molecule has 0 radical (unpaired) electrons. The Balaban J connectivity index is 1.56. The number of hydrogen-bond donors (Lipinski definition) is 0. The molecule has 2 bridgehead atoms. The Labute approximate surface area is 150 Å². The maximum absolute atomic E-state index is 6.17. The molecule has 0 spiro atoms. The maximum atomic E-state index is 6.17. The van der Waals surface area contributed by atoms with Crippen LogP contribution in [0.15, 0.2) is 48.5 Å². The normalized spacial score (nSPS) is 31.1. The van der Waals surface area contributed by atoms with E-state index in [1.807, 2.05) is 30.3 Å². The van der Waals surface area contributed by atoms with Crippen LogP contribution in [0.2, 0.25) is 0 Å². The van der Waals surface area contributed by atoms with Gasteiger partial charge in [-0.3, -0.25) is 0 Å². The molecule has 1 unspecified atom stereocenters. The monoisotopic (exact) mass is 333 g/mol. The molecule has 3 atom stereocenters. The number of likely N-dealkylation sites (tertiary alicyclic amines) is 1. The van der Waals surface area contributed by atoms with E-state index < -0.39 is 0 Å². The first kappa shape index (κ1) is 15.5. The summed E-state index contributed by atoms with van der Waals surface area (Å²) in [6.07, 6.45) is 8.08. The molecule has 2 aromatic carbocycles. The number of benzene rings is 2. The lowest BCUT2D eigenvalue weighted by molar-refractivity contribution is 0.00276. The smallest absolute Gasteiger partial charge is 0.127 e. The number of piperidine rings is 1. The van der Waals surface area contributed by atoms with Gasteiger partial charge in [-0.2, -0.15) is 0 Å². The van der Waals surface area contributed by atoms with Gasteiger partial charge in [-0.25, -0.2) is 0 Å². The molecule has 0 amide bonds. The van der Waals surface area contributed by atoms with Crippen LogP contribution in [0.3, 0.4) is 0 Å². The summed E-state index contributed by atoms with van der Waals surface area (Å²) >= 11 is 0. The second kappa shape index (κ2) is 5.88. The first-order valence-electron chi connectivity index (χ1n) is 9.83. The topological polar surface area (TPSA) is 12.5 Å². The van der Waals surface area contributed by atoms with Crippen molar-refractivity contribution in [1.82, 2.24) is 4.90 Å². The van der Waals surface area contributed by atoms with Crippen LogP contribution in [0.1, 0.15) is 43.2 Å². The minimum Gasteiger partial charge on any atom is -0.457 e. The van der Waals surface area contributed by atoms with Gasteiger partial charge < -0.3 is 9.64 Å². The minimum absolute atomic E-state index is 0.402. The number of rotatable bonds is 2. The average Bonchev–Trinajstić information content (AvgIpc) is 2.66. The molecule has 0 N–H and O–H groups in total. The van der Waals surface area contributed by atoms with E-state index in [1.165, 1.54) is 45.1 Å². The second-order valence-electron chi connectivity index (χ2n) is 8.24. The van der Waals surface area contributed by atoms with E-state index in [4.69, 9.17) is 4.74 Å². The third-order valence-electron chi connectivity index (χ3n) is 7.06. The first-order chi connectivity index (χ1) is 12.3. The van der Waals surface area contributed by atoms with Gasteiger partial charge in [0.25, 0.3) is 0 Å². The molecule has 2 heteroatoms. The van der Waals surface area contributed by atoms with Crippen molar-refractivity contribution in [2.24, 2.45) is 5.92 Å². The van der Waals surface area contributed by atoms with Crippen LogP contribution in [-0.4, -0.2) is 24.5 Å². The molecule has 3 aliphatic rings. The largest absolute Gasteiger partial charge is 0.457 e. The third-order valence-corrected chi connectivity index (χ3v) is 7.06. The number of likely N-dealkylation sites (N-methyl/N-ethyl adjacent to an activating group) is 1. The third kappa shape index (κ3) is 2.42. The van der Waals surface area contributed by atoms with Crippen LogP contribution < -0.4 is 4.74 Å². The van der Waals surface area contributed by atoms with Gasteiger partial charge >= 0.3 is 0 Å². The fourth-order valence-electron chi connectivity index (χ4n) is 5.86. The summed E-state index contributed by atoms with van der Waals surface area (Å²) in [6.45, 7) is 1.24. The lowest BCUT2D eigenvalue weighted by Crippen LogP contribution is -2.59. The zero-order chi connectivity index (χ0) is 16.9. The Morgan fingerprint density at radius 1 is 1.00 bits per heavy atom. The number of para-hydroxylation sites is 1. The fourth-order valence-corrected chi connectivity index (χ4v) is 5.86. The van der Waals surface area contributed by atoms with Gasteiger partial charge in [0.1, 0.15) is 11.5 Å². The van der Waals surface area contributed by atoms with Crippen molar-refractivity contribution in [3.63, 3.8) is 0 Å². The maximum Gasteiger partial charge on any atom is 0.127 e. The van der Waals surface area contributed by atoms with Gasteiger partial charge in [-0.1, -0.05) is 37.1 Å². The number of nitrogens with zero attached hydrogens (tertiary/aromatic N) is 1. The molecule has 0 aromatic heterocycles. The van der Waals surface area contributed by atoms with Crippen molar-refractivity contribution in [1.29, 1.82) is 0 Å². The lowest BCUT2D eigenvalue weighted by Gasteiger charge is -2.58. The summed E-state index contributed by atoms with van der Waals surface area (Å²) in [4.78, 5) is 2.63. The molecular weight excluding hydrogens is 306 g/mol. The standard InChI is InChI=1S/C23H27NO/c1-24-14-13-23-12-6-5-9-20(23)22(24)15-17-10-11-19(16-21(17)23)25-18-7-3-2-4-8-18/h2-4,7-8,10-11,16,20,22H,5-6,9,12-15H2,1H3/t20-,22?,23+/m0/s1. The van der Waals surface area contributed by atoms with Crippen molar-refractivity contribution >= 4 is 0 Å². The molecule has 1 heterocycles. The van der Waals surface area contributed by atoms with Crippen molar-refractivity contribution in [2.75, 3.05) is 13.6 Å². The second-order valence-corrected chi connectivity index (χ2v) is 8.24. The number of fused-ring (bicyclic) bond motifs is 1. The Morgan fingerprint density at radius 3 is 2.76 bits per heavy atom. The molecule has 2 nitrogen and oxygen atoms in total. The Hall–Kier alpha value is -1.80. The van der Waals surface area contributed by atoms with Crippen molar-refractivity contribution in [3.05, 3.63) is 59.7 Å². The van der Waals surface area contributed by atoms with E-state index in [2.05, 4.69) is 30.1 Å². The van der Waals surface area contributed by atoms with E-state index in [1.54, 1.807) is 11.1 Å². The molecule has 2 aliphatic carbocycles. The summed E-state index contributed by atoms with van der Waals surface area (Å²) in [5, 5.41) is 0. The van der Waals surface area contributed by atoms with Crippen molar-refractivity contribution < 1.29 is 4.74 Å². The van der Waals surface area contributed by atoms with Crippen molar-refractivity contribution in [3.8, 4) is 11.5 Å². The highest BCUT2D eigenvalue weighted by atomic mass is 16.5. The van der Waals surface area contributed by atoms with Gasteiger partial charge in [-0.05, 0) is 80.6 Å². The Bertz CT molecular complexity index is 771. The van der Waals surface area contributed by atoms with Crippen LogP contribution in [0.25, 0.3) is 0 Å². The summed E-state index contributed by atoms with van der Waals surface area (Å²) in [6, 6.07) is 17.8. The van der Waals surface area contributed by atoms with E-state index in [0.717, 1.165) is 23.5 Å². The molecular formula is C23H27NO. The predicted molar refractivity (Wildman–Crippen MR) is 101 cm³/mol. The fraction of sp³-hybridized carbons (Fsp3) is 0.478. The highest BCUT2D eigenvalue weighted by molar-refractivity contribution is 5.46. The lowest BCUT2D eigenvalue weighted by atomic mass is 9.52. The van der Waals surface area contributed by atoms with E-state index in [9.17, 15) is 0 Å². The van der Waals surface area contributed by atoms with Gasteiger partial charge in [0.15, 0.2) is 0 Å². The summed E-state index contributed by atoms with van der Waals surface area (Å²) in [5.74, 6) is 2.76. The first-order valence-corrected chi connectivity index (χ1v) is 9.83. The minimum atomic E-state index is 0.402. The van der Waals surface area contributed by atoms with Crippen LogP contribution in [0.5, 0.6) is 11.5 Å². The highest BCUT2D eigenvalue weighted by Gasteiger charge is 2.53. The van der Waals surface area contributed by atoms with E-state index in [-0.39, 0.29) is 0 Å². The molecule has 2 aromatic rings. The summed E-state index contributed by atoms with van der Waals surface area (Å²) in [7, 11) is 2.33. The SMILES string of the molecule is CN1CC[C@]23CCCC[C@H]2C1Cc1ccc(Oc2ccccc2)cc13. The van der Waals surface area contributed by atoms with Crippen LogP contribution in [-0.2, 0) is 11.8 Å². The molecule has 130 valence electrons. The van der Waals surface area contributed by atoms with Gasteiger partial charge in [0, 0.05) is 11.5 Å². The Kier molecular flexibility index (Phi) is 3.63. The Morgan fingerprint density at radius 2 is 1.88 bits per heavy atom. The van der Waals surface area contributed by atoms with Gasteiger partial charge in [0.2, 0.25) is 0 Å².